The van der Waals surface area contributed by atoms with Gasteiger partial charge in [0.2, 0.25) is 35.4 Å². The van der Waals surface area contributed by atoms with E-state index in [9.17, 15) is 33.9 Å². The Morgan fingerprint density at radius 3 is 1.93 bits per heavy atom. The maximum absolute atomic E-state index is 14.1. The molecule has 17 heteroatoms. The molecular weight excluding hydrogens is 727 g/mol. The average molecular weight is 782 g/mol. The second kappa shape index (κ2) is 21.8. The van der Waals surface area contributed by atoms with Gasteiger partial charge < -0.3 is 53.9 Å². The minimum absolute atomic E-state index is 0.0760. The van der Waals surface area contributed by atoms with Crippen molar-refractivity contribution in [1.29, 1.82) is 0 Å². The quantitative estimate of drug-likeness (QED) is 0.0453. The zero-order valence-electron chi connectivity index (χ0n) is 31.4. The van der Waals surface area contributed by atoms with Crippen LogP contribution in [-0.2, 0) is 41.6 Å². The molecule has 0 saturated heterocycles. The average Bonchev–Trinajstić information content (AvgIpc) is 3.56. The van der Waals surface area contributed by atoms with Crippen molar-refractivity contribution in [3.05, 3.63) is 71.9 Å². The lowest BCUT2D eigenvalue weighted by atomic mass is 10.00. The van der Waals surface area contributed by atoms with Crippen LogP contribution >= 0.6 is 12.6 Å². The maximum atomic E-state index is 14.1. The Hall–Kier alpha value is -4.97. The molecule has 3 rings (SSSR count). The molecular formula is C38H55N9O7S. The molecule has 7 atom stereocenters. The molecule has 2 aromatic carbocycles. The molecule has 0 aliphatic heterocycles. The Morgan fingerprint density at radius 2 is 1.31 bits per heavy atom. The first kappa shape index (κ1) is 44.4. The number of fused-ring (bicyclic) bond motifs is 1. The number of thiol groups is 1. The predicted molar refractivity (Wildman–Crippen MR) is 212 cm³/mol. The fourth-order valence-corrected chi connectivity index (χ4v) is 6.19. The van der Waals surface area contributed by atoms with Gasteiger partial charge in [0.25, 0.3) is 0 Å². The summed E-state index contributed by atoms with van der Waals surface area (Å²) in [6.07, 6.45) is 1.95. The molecule has 0 radical (unpaired) electrons. The summed E-state index contributed by atoms with van der Waals surface area (Å²) in [4.78, 5) is 82.7. The largest absolute Gasteiger partial charge is 0.391 e. The number of hydrogen-bond donors (Lipinski definition) is 11. The van der Waals surface area contributed by atoms with Crippen molar-refractivity contribution in [2.24, 2.45) is 23.1 Å². The molecule has 16 nitrogen and oxygen atoms in total. The zero-order chi connectivity index (χ0) is 40.7. The number of aromatic nitrogens is 1. The lowest BCUT2D eigenvalue weighted by molar-refractivity contribution is -0.135. The predicted octanol–water partition coefficient (Wildman–Crippen LogP) is -0.715. The summed E-state index contributed by atoms with van der Waals surface area (Å²) in [5.74, 6) is -5.05. The number of aliphatic hydroxyl groups is 1. The smallest absolute Gasteiger partial charge is 0.244 e. The van der Waals surface area contributed by atoms with Crippen LogP contribution in [-0.4, -0.2) is 100 Å². The van der Waals surface area contributed by atoms with Gasteiger partial charge in [-0.05, 0) is 62.3 Å². The highest BCUT2D eigenvalue weighted by atomic mass is 32.1. The van der Waals surface area contributed by atoms with Crippen LogP contribution in [0.2, 0.25) is 0 Å². The molecule has 0 saturated carbocycles. The summed E-state index contributed by atoms with van der Waals surface area (Å²) < 4.78 is 0. The van der Waals surface area contributed by atoms with Crippen LogP contribution in [0.15, 0.2) is 60.8 Å². The number of aromatic amines is 1. The number of hydrogen-bond acceptors (Lipinski definition) is 10. The molecule has 0 fully saturated rings. The summed E-state index contributed by atoms with van der Waals surface area (Å²) in [7, 11) is 0. The third-order valence-electron chi connectivity index (χ3n) is 9.10. The van der Waals surface area contributed by atoms with Gasteiger partial charge in [0.1, 0.15) is 30.2 Å². The van der Waals surface area contributed by atoms with E-state index >= 15 is 0 Å². The molecule has 3 aromatic rings. The maximum Gasteiger partial charge on any atom is 0.244 e. The molecule has 13 N–H and O–H groups in total. The van der Waals surface area contributed by atoms with Crippen molar-refractivity contribution in [1.82, 2.24) is 31.6 Å². The Morgan fingerprint density at radius 1 is 0.727 bits per heavy atom. The number of para-hydroxylation sites is 1. The van der Waals surface area contributed by atoms with E-state index in [4.69, 9.17) is 17.2 Å². The van der Waals surface area contributed by atoms with Gasteiger partial charge in [-0.2, -0.15) is 12.6 Å². The topological polar surface area (TPSA) is 277 Å². The number of nitrogens with one attached hydrogen (secondary N) is 6. The summed E-state index contributed by atoms with van der Waals surface area (Å²) in [5, 5.41) is 23.8. The van der Waals surface area contributed by atoms with E-state index < -0.39 is 83.7 Å². The highest BCUT2D eigenvalue weighted by Crippen LogP contribution is 2.20. The molecule has 0 bridgehead atoms. The second-order valence-corrected chi connectivity index (χ2v) is 14.2. The van der Waals surface area contributed by atoms with Crippen molar-refractivity contribution in [3.8, 4) is 0 Å². The van der Waals surface area contributed by atoms with Crippen molar-refractivity contribution >= 4 is 59.0 Å². The number of rotatable bonds is 22. The highest BCUT2D eigenvalue weighted by Gasteiger charge is 2.34. The first-order valence-corrected chi connectivity index (χ1v) is 18.9. The minimum Gasteiger partial charge on any atom is -0.391 e. The van der Waals surface area contributed by atoms with Gasteiger partial charge in [-0.15, -0.1) is 0 Å². The van der Waals surface area contributed by atoms with Crippen LogP contribution < -0.4 is 43.8 Å². The number of H-pyrrole nitrogens is 1. The van der Waals surface area contributed by atoms with Crippen molar-refractivity contribution in [2.75, 3.05) is 12.3 Å². The first-order chi connectivity index (χ1) is 26.2. The van der Waals surface area contributed by atoms with Gasteiger partial charge in [-0.3, -0.25) is 28.8 Å². The summed E-state index contributed by atoms with van der Waals surface area (Å²) in [6, 6.07) is 9.68. The zero-order valence-corrected chi connectivity index (χ0v) is 32.3. The SMILES string of the molecule is CC(C)[C@H](NC(=O)[C@H](CCCCN)NC(=O)[C@@H](Cc1c[nH]c2ccccc12)NC(=O)[C@@H](N)Cc1ccccc1)C(=O)N[C@@H](CS)C(=O)N[C@H](C(N)=O)[C@@H](C)O. The third-order valence-corrected chi connectivity index (χ3v) is 9.46. The van der Waals surface area contributed by atoms with Crippen molar-refractivity contribution in [2.45, 2.75) is 95.2 Å². The molecule has 0 aliphatic rings. The molecule has 1 heterocycles. The number of aliphatic hydroxyl groups excluding tert-OH is 1. The normalized spacial score (nSPS) is 15.1. The second-order valence-electron chi connectivity index (χ2n) is 13.9. The fourth-order valence-electron chi connectivity index (χ4n) is 5.93. The van der Waals surface area contributed by atoms with E-state index in [-0.39, 0.29) is 25.0 Å². The van der Waals surface area contributed by atoms with E-state index in [1.165, 1.54) is 6.92 Å². The van der Waals surface area contributed by atoms with Crippen LogP contribution in [0.3, 0.4) is 0 Å². The van der Waals surface area contributed by atoms with Gasteiger partial charge in [0.05, 0.1) is 12.1 Å². The molecule has 1 aromatic heterocycles. The van der Waals surface area contributed by atoms with Gasteiger partial charge in [-0.25, -0.2) is 0 Å². The van der Waals surface area contributed by atoms with Crippen LogP contribution in [0.4, 0.5) is 0 Å². The number of carbonyl (C=O) groups is 6. The number of nitrogens with two attached hydrogens (primary N) is 3. The number of amides is 6. The first-order valence-electron chi connectivity index (χ1n) is 18.3. The van der Waals surface area contributed by atoms with Gasteiger partial charge in [-0.1, -0.05) is 62.4 Å². The van der Waals surface area contributed by atoms with E-state index in [0.29, 0.717) is 19.4 Å². The fraction of sp³-hybridized carbons (Fsp3) is 0.474. The number of primary amides is 1. The van der Waals surface area contributed by atoms with Crippen molar-refractivity contribution < 1.29 is 33.9 Å². The van der Waals surface area contributed by atoms with Crippen LogP contribution in [0.1, 0.15) is 51.2 Å². The van der Waals surface area contributed by atoms with E-state index in [1.807, 2.05) is 54.6 Å². The van der Waals surface area contributed by atoms with Crippen LogP contribution in [0.5, 0.6) is 0 Å². The molecule has 6 amide bonds. The third kappa shape index (κ3) is 13.4. The monoisotopic (exact) mass is 781 g/mol. The lowest BCUT2D eigenvalue weighted by Gasteiger charge is -2.28. The van der Waals surface area contributed by atoms with Crippen LogP contribution in [0, 0.1) is 5.92 Å². The van der Waals surface area contributed by atoms with E-state index in [2.05, 4.69) is 44.2 Å². The molecule has 0 aliphatic carbocycles. The Bertz CT molecular complexity index is 1750. The molecule has 0 unspecified atom stereocenters. The Kier molecular flexibility index (Phi) is 17.6. The lowest BCUT2D eigenvalue weighted by Crippen LogP contribution is -2.61. The Balaban J connectivity index is 1.83. The number of carbonyl (C=O) groups excluding carboxylic acids is 6. The van der Waals surface area contributed by atoms with Gasteiger partial charge in [0, 0.05) is 29.3 Å². The standard InChI is InChI=1S/C38H55N9O7S/c1-21(2)31(38(54)45-30(20-55)37(53)47-32(22(3)48)33(41)49)46-35(51)28(15-9-10-16-39)43-36(52)29(18-24-19-42-27-14-8-7-13-25(24)27)44-34(50)26(40)17-23-11-5-4-6-12-23/h4-8,11-14,19,21-22,26,28-32,42,48,55H,9-10,15-18,20,39-40H2,1-3H3,(H2,41,49)(H,43,52)(H,44,50)(H,45,54)(H,46,51)(H,47,53)/t22-,26+,28+,29-,30+,31+,32+/m1/s1. The number of unbranched alkanes of at least 4 members (excludes halogenated alkanes) is 1. The van der Waals surface area contributed by atoms with E-state index in [1.54, 1.807) is 20.0 Å². The van der Waals surface area contributed by atoms with Crippen molar-refractivity contribution in [3.63, 3.8) is 0 Å². The van der Waals surface area contributed by atoms with E-state index in [0.717, 1.165) is 22.0 Å². The summed E-state index contributed by atoms with van der Waals surface area (Å²) in [6.45, 7) is 4.99. The van der Waals surface area contributed by atoms with Gasteiger partial charge >= 0.3 is 0 Å². The summed E-state index contributed by atoms with van der Waals surface area (Å²) >= 11 is 4.16. The Labute approximate surface area is 326 Å². The van der Waals surface area contributed by atoms with Crippen LogP contribution in [0.25, 0.3) is 10.9 Å². The highest BCUT2D eigenvalue weighted by molar-refractivity contribution is 7.80. The molecule has 0 spiro atoms. The summed E-state index contributed by atoms with van der Waals surface area (Å²) in [5.41, 5.74) is 19.7. The minimum atomic E-state index is -1.41. The molecule has 300 valence electrons. The van der Waals surface area contributed by atoms with Gasteiger partial charge in [0.15, 0.2) is 0 Å². The molecule has 55 heavy (non-hydrogen) atoms. The number of benzene rings is 2.